The van der Waals surface area contributed by atoms with Crippen molar-refractivity contribution in [2.45, 2.75) is 78.2 Å². The summed E-state index contributed by atoms with van der Waals surface area (Å²) in [4.78, 5) is 12.8. The maximum Gasteiger partial charge on any atom is 0.227 e. The minimum atomic E-state index is -0.292. The number of hydrogen-bond donors (Lipinski definition) is 2. The zero-order valence-corrected chi connectivity index (χ0v) is 13.5. The van der Waals surface area contributed by atoms with Gasteiger partial charge < -0.3 is 11.1 Å². The highest BCUT2D eigenvalue weighted by Gasteiger charge is 2.42. The first-order valence-electron chi connectivity index (χ1n) is 8.41. The third kappa shape index (κ3) is 3.19. The first kappa shape index (κ1) is 15.8. The van der Waals surface area contributed by atoms with E-state index in [1.807, 2.05) is 0 Å². The molecule has 1 amide bonds. The van der Waals surface area contributed by atoms with Crippen LogP contribution in [-0.4, -0.2) is 18.5 Å². The number of carbonyl (C=O) groups is 1. The summed E-state index contributed by atoms with van der Waals surface area (Å²) in [6.45, 7) is 7.35. The number of hydrogen-bond acceptors (Lipinski definition) is 2. The molecule has 2 aliphatic carbocycles. The molecule has 0 saturated heterocycles. The minimum Gasteiger partial charge on any atom is -0.352 e. The Bertz CT molecular complexity index is 343. The largest absolute Gasteiger partial charge is 0.352 e. The lowest BCUT2D eigenvalue weighted by Crippen LogP contribution is -2.54. The summed E-state index contributed by atoms with van der Waals surface area (Å²) in [6.07, 6.45) is 9.06. The van der Waals surface area contributed by atoms with Gasteiger partial charge in [-0.1, -0.05) is 33.6 Å². The van der Waals surface area contributed by atoms with E-state index in [0.717, 1.165) is 38.0 Å². The summed E-state index contributed by atoms with van der Waals surface area (Å²) < 4.78 is 0. The topological polar surface area (TPSA) is 55.1 Å². The molecule has 116 valence electrons. The van der Waals surface area contributed by atoms with E-state index >= 15 is 0 Å². The van der Waals surface area contributed by atoms with E-state index in [9.17, 15) is 4.79 Å². The van der Waals surface area contributed by atoms with Gasteiger partial charge in [-0.25, -0.2) is 0 Å². The number of nitrogens with one attached hydrogen (secondary N) is 1. The Morgan fingerprint density at radius 1 is 1.15 bits per heavy atom. The van der Waals surface area contributed by atoms with Gasteiger partial charge in [-0.05, 0) is 49.9 Å². The molecule has 3 nitrogen and oxygen atoms in total. The minimum absolute atomic E-state index is 0.228. The molecule has 1 atom stereocenters. The third-order valence-electron chi connectivity index (χ3n) is 5.92. The van der Waals surface area contributed by atoms with Crippen molar-refractivity contribution in [2.75, 3.05) is 6.54 Å². The van der Waals surface area contributed by atoms with E-state index in [1.165, 1.54) is 19.3 Å². The van der Waals surface area contributed by atoms with Gasteiger partial charge in [0, 0.05) is 12.6 Å². The number of nitrogens with two attached hydrogens (primary N) is 1. The van der Waals surface area contributed by atoms with Crippen molar-refractivity contribution in [2.24, 2.45) is 22.5 Å². The maximum atomic E-state index is 12.8. The van der Waals surface area contributed by atoms with E-state index in [-0.39, 0.29) is 16.7 Å². The van der Waals surface area contributed by atoms with E-state index < -0.39 is 0 Å². The Morgan fingerprint density at radius 2 is 1.80 bits per heavy atom. The van der Waals surface area contributed by atoms with Crippen LogP contribution in [0.15, 0.2) is 0 Å². The van der Waals surface area contributed by atoms with Crippen LogP contribution in [-0.2, 0) is 4.79 Å². The summed E-state index contributed by atoms with van der Waals surface area (Å²) in [5.74, 6) is 0.973. The van der Waals surface area contributed by atoms with Gasteiger partial charge in [0.2, 0.25) is 5.91 Å². The Kier molecular flexibility index (Phi) is 4.78. The SMILES string of the molecule is CC1CCC(CN)(C(=O)NC2CCCCC2(C)C)CC1. The molecule has 0 aromatic rings. The third-order valence-corrected chi connectivity index (χ3v) is 5.92. The van der Waals surface area contributed by atoms with Crippen LogP contribution in [0.1, 0.15) is 72.1 Å². The van der Waals surface area contributed by atoms with Crippen molar-refractivity contribution < 1.29 is 4.79 Å². The number of amides is 1. The van der Waals surface area contributed by atoms with E-state index in [2.05, 4.69) is 26.1 Å². The van der Waals surface area contributed by atoms with Crippen molar-refractivity contribution in [1.82, 2.24) is 5.32 Å². The molecule has 1 unspecified atom stereocenters. The monoisotopic (exact) mass is 280 g/mol. The Labute approximate surface area is 124 Å². The van der Waals surface area contributed by atoms with Crippen LogP contribution in [0.2, 0.25) is 0 Å². The molecule has 0 bridgehead atoms. The van der Waals surface area contributed by atoms with Crippen LogP contribution in [0.5, 0.6) is 0 Å². The number of rotatable bonds is 3. The second-order valence-corrected chi connectivity index (χ2v) is 7.93. The van der Waals surface area contributed by atoms with Gasteiger partial charge in [0.1, 0.15) is 0 Å². The van der Waals surface area contributed by atoms with Crippen molar-refractivity contribution >= 4 is 5.91 Å². The lowest BCUT2D eigenvalue weighted by atomic mass is 9.69. The van der Waals surface area contributed by atoms with E-state index in [4.69, 9.17) is 5.73 Å². The van der Waals surface area contributed by atoms with Gasteiger partial charge in [-0.15, -0.1) is 0 Å². The molecule has 0 aromatic carbocycles. The highest BCUT2D eigenvalue weighted by atomic mass is 16.2. The first-order valence-corrected chi connectivity index (χ1v) is 8.41. The Hall–Kier alpha value is -0.570. The average Bonchev–Trinajstić information content (AvgIpc) is 2.42. The highest BCUT2D eigenvalue weighted by Crippen LogP contribution is 2.40. The lowest BCUT2D eigenvalue weighted by Gasteiger charge is -2.43. The molecule has 0 aromatic heterocycles. The van der Waals surface area contributed by atoms with Crippen LogP contribution >= 0.6 is 0 Å². The number of carbonyl (C=O) groups excluding carboxylic acids is 1. The van der Waals surface area contributed by atoms with E-state index in [0.29, 0.717) is 12.6 Å². The molecular formula is C17H32N2O. The summed E-state index contributed by atoms with van der Waals surface area (Å²) in [5, 5.41) is 3.37. The molecule has 0 heterocycles. The average molecular weight is 280 g/mol. The van der Waals surface area contributed by atoms with Crippen molar-refractivity contribution in [3.63, 3.8) is 0 Å². The summed E-state index contributed by atoms with van der Waals surface area (Å²) >= 11 is 0. The normalized spacial score (nSPS) is 37.4. The molecular weight excluding hydrogens is 248 g/mol. The highest BCUT2D eigenvalue weighted by molar-refractivity contribution is 5.83. The summed E-state index contributed by atoms with van der Waals surface area (Å²) in [6, 6.07) is 0.325. The molecule has 20 heavy (non-hydrogen) atoms. The quantitative estimate of drug-likeness (QED) is 0.834. The fourth-order valence-corrected chi connectivity index (χ4v) is 3.91. The molecule has 3 heteroatoms. The zero-order valence-electron chi connectivity index (χ0n) is 13.5. The molecule has 2 aliphatic rings. The van der Waals surface area contributed by atoms with Crippen molar-refractivity contribution in [1.29, 1.82) is 0 Å². The van der Waals surface area contributed by atoms with Crippen LogP contribution in [0.4, 0.5) is 0 Å². The first-order chi connectivity index (χ1) is 9.39. The van der Waals surface area contributed by atoms with Crippen LogP contribution in [0.3, 0.4) is 0 Å². The molecule has 2 rings (SSSR count). The predicted octanol–water partition coefficient (Wildman–Crippen LogP) is 3.23. The fraction of sp³-hybridized carbons (Fsp3) is 0.941. The lowest BCUT2D eigenvalue weighted by molar-refractivity contribution is -0.134. The van der Waals surface area contributed by atoms with Gasteiger partial charge in [0.05, 0.1) is 5.41 Å². The zero-order chi connectivity index (χ0) is 14.8. The predicted molar refractivity (Wildman–Crippen MR) is 83.3 cm³/mol. The van der Waals surface area contributed by atoms with E-state index in [1.54, 1.807) is 0 Å². The maximum absolute atomic E-state index is 12.8. The molecule has 0 radical (unpaired) electrons. The van der Waals surface area contributed by atoms with Gasteiger partial charge in [-0.2, -0.15) is 0 Å². The molecule has 0 aliphatic heterocycles. The fourth-order valence-electron chi connectivity index (χ4n) is 3.91. The van der Waals surface area contributed by atoms with Crippen LogP contribution < -0.4 is 11.1 Å². The Balaban J connectivity index is 2.02. The Morgan fingerprint density at radius 3 is 2.35 bits per heavy atom. The summed E-state index contributed by atoms with van der Waals surface area (Å²) in [5.41, 5.74) is 5.93. The van der Waals surface area contributed by atoms with Gasteiger partial charge in [0.15, 0.2) is 0 Å². The van der Waals surface area contributed by atoms with Crippen LogP contribution in [0, 0.1) is 16.7 Å². The molecule has 2 fully saturated rings. The molecule has 0 spiro atoms. The van der Waals surface area contributed by atoms with Crippen molar-refractivity contribution in [3.8, 4) is 0 Å². The van der Waals surface area contributed by atoms with Gasteiger partial charge >= 0.3 is 0 Å². The van der Waals surface area contributed by atoms with Gasteiger partial charge in [-0.3, -0.25) is 4.79 Å². The van der Waals surface area contributed by atoms with Crippen LogP contribution in [0.25, 0.3) is 0 Å². The molecule has 2 saturated carbocycles. The second kappa shape index (κ2) is 6.05. The smallest absolute Gasteiger partial charge is 0.227 e. The second-order valence-electron chi connectivity index (χ2n) is 7.93. The molecule has 3 N–H and O–H groups in total. The summed E-state index contributed by atoms with van der Waals surface area (Å²) in [7, 11) is 0. The van der Waals surface area contributed by atoms with Crippen molar-refractivity contribution in [3.05, 3.63) is 0 Å². The standard InChI is InChI=1S/C17H32N2O/c1-13-7-10-17(12-18,11-8-13)15(20)19-14-6-4-5-9-16(14,2)3/h13-14H,4-12,18H2,1-3H3,(H,19,20). The van der Waals surface area contributed by atoms with Gasteiger partial charge in [0.25, 0.3) is 0 Å².